The molecule has 3 rings (SSSR count). The number of thiol groups is 1. The highest BCUT2D eigenvalue weighted by Gasteiger charge is 2.05. The third-order valence-corrected chi connectivity index (χ3v) is 2.99. The molecule has 0 aliphatic heterocycles. The van der Waals surface area contributed by atoms with Crippen molar-refractivity contribution in [3.8, 4) is 11.4 Å². The lowest BCUT2D eigenvalue weighted by molar-refractivity contribution is 1.21. The van der Waals surface area contributed by atoms with E-state index in [2.05, 4.69) is 28.7 Å². The van der Waals surface area contributed by atoms with Crippen molar-refractivity contribution in [2.45, 2.75) is 4.90 Å². The largest absolute Gasteiger partial charge is 0.253 e. The van der Waals surface area contributed by atoms with E-state index < -0.39 is 0 Å². The first-order chi connectivity index (χ1) is 8.34. The second-order valence-electron chi connectivity index (χ2n) is 3.76. The first-order valence-electron chi connectivity index (χ1n) is 5.35. The summed E-state index contributed by atoms with van der Waals surface area (Å²) >= 11 is 4.40. The zero-order chi connectivity index (χ0) is 11.7. The first kappa shape index (κ1) is 10.3. The molecular weight excluding hydrogens is 228 g/mol. The Hall–Kier alpha value is -1.87. The number of fused-ring (bicyclic) bond motifs is 1. The summed E-state index contributed by atoms with van der Waals surface area (Å²) < 4.78 is 0. The SMILES string of the molecule is Sc1cccnc1-c1ccc2ccccc2n1. The normalized spacial score (nSPS) is 10.6. The molecule has 0 atom stereocenters. The molecule has 0 radical (unpaired) electrons. The van der Waals surface area contributed by atoms with E-state index >= 15 is 0 Å². The summed E-state index contributed by atoms with van der Waals surface area (Å²) in [5.41, 5.74) is 2.65. The summed E-state index contributed by atoms with van der Waals surface area (Å²) in [7, 11) is 0. The minimum atomic E-state index is 0.821. The van der Waals surface area contributed by atoms with Crippen molar-refractivity contribution in [1.29, 1.82) is 0 Å². The van der Waals surface area contributed by atoms with Gasteiger partial charge in [0.1, 0.15) is 5.69 Å². The fourth-order valence-electron chi connectivity index (χ4n) is 1.79. The van der Waals surface area contributed by atoms with Crippen molar-refractivity contribution >= 4 is 23.5 Å². The van der Waals surface area contributed by atoms with Gasteiger partial charge in [0.05, 0.1) is 11.2 Å². The van der Waals surface area contributed by atoms with Gasteiger partial charge >= 0.3 is 0 Å². The molecule has 0 spiro atoms. The van der Waals surface area contributed by atoms with E-state index in [0.29, 0.717) is 0 Å². The summed E-state index contributed by atoms with van der Waals surface area (Å²) in [6.07, 6.45) is 1.76. The Morgan fingerprint density at radius 3 is 2.65 bits per heavy atom. The molecule has 0 N–H and O–H groups in total. The van der Waals surface area contributed by atoms with Crippen LogP contribution < -0.4 is 0 Å². The van der Waals surface area contributed by atoms with Crippen molar-refractivity contribution in [2.24, 2.45) is 0 Å². The van der Waals surface area contributed by atoms with Gasteiger partial charge in [-0.3, -0.25) is 4.98 Å². The zero-order valence-corrected chi connectivity index (χ0v) is 9.93. The van der Waals surface area contributed by atoms with E-state index in [4.69, 9.17) is 0 Å². The Labute approximate surface area is 105 Å². The van der Waals surface area contributed by atoms with Gasteiger partial charge < -0.3 is 0 Å². The summed E-state index contributed by atoms with van der Waals surface area (Å²) in [5, 5.41) is 1.13. The number of nitrogens with zero attached hydrogens (tertiary/aromatic N) is 2. The van der Waals surface area contributed by atoms with Crippen LogP contribution in [0.25, 0.3) is 22.3 Å². The van der Waals surface area contributed by atoms with E-state index in [1.807, 2.05) is 42.5 Å². The van der Waals surface area contributed by atoms with Crippen LogP contribution in [0.4, 0.5) is 0 Å². The Kier molecular flexibility index (Phi) is 2.53. The zero-order valence-electron chi connectivity index (χ0n) is 9.04. The van der Waals surface area contributed by atoms with E-state index in [1.165, 1.54) is 0 Å². The molecule has 0 saturated carbocycles. The second-order valence-corrected chi connectivity index (χ2v) is 4.24. The Morgan fingerprint density at radius 1 is 0.882 bits per heavy atom. The number of hydrogen-bond acceptors (Lipinski definition) is 3. The average Bonchev–Trinajstić information content (AvgIpc) is 2.39. The average molecular weight is 238 g/mol. The lowest BCUT2D eigenvalue weighted by atomic mass is 10.1. The molecule has 2 heterocycles. The van der Waals surface area contributed by atoms with Crippen LogP contribution in [0, 0.1) is 0 Å². The molecule has 0 saturated heterocycles. The summed E-state index contributed by atoms with van der Waals surface area (Å²) in [6.45, 7) is 0. The fraction of sp³-hybridized carbons (Fsp3) is 0. The molecular formula is C14H10N2S. The van der Waals surface area contributed by atoms with Crippen LogP contribution in [0.3, 0.4) is 0 Å². The lowest BCUT2D eigenvalue weighted by Gasteiger charge is -2.04. The number of aromatic nitrogens is 2. The van der Waals surface area contributed by atoms with Gasteiger partial charge in [-0.25, -0.2) is 4.98 Å². The van der Waals surface area contributed by atoms with Gasteiger partial charge in [0.25, 0.3) is 0 Å². The molecule has 2 aromatic heterocycles. The topological polar surface area (TPSA) is 25.8 Å². The highest BCUT2D eigenvalue weighted by molar-refractivity contribution is 7.80. The van der Waals surface area contributed by atoms with Gasteiger partial charge in [0, 0.05) is 16.5 Å². The molecule has 2 nitrogen and oxygen atoms in total. The van der Waals surface area contributed by atoms with Crippen molar-refractivity contribution < 1.29 is 0 Å². The molecule has 3 aromatic rings. The highest BCUT2D eigenvalue weighted by atomic mass is 32.1. The maximum Gasteiger partial charge on any atom is 0.102 e. The van der Waals surface area contributed by atoms with Crippen LogP contribution in [0.2, 0.25) is 0 Å². The van der Waals surface area contributed by atoms with E-state index in [1.54, 1.807) is 6.20 Å². The monoisotopic (exact) mass is 238 g/mol. The molecule has 0 bridgehead atoms. The predicted molar refractivity (Wildman–Crippen MR) is 72.2 cm³/mol. The molecule has 1 aromatic carbocycles. The van der Waals surface area contributed by atoms with Crippen LogP contribution in [0.5, 0.6) is 0 Å². The number of rotatable bonds is 1. The number of benzene rings is 1. The highest BCUT2D eigenvalue weighted by Crippen LogP contribution is 2.24. The summed E-state index contributed by atoms with van der Waals surface area (Å²) in [5.74, 6) is 0. The predicted octanol–water partition coefficient (Wildman–Crippen LogP) is 3.59. The van der Waals surface area contributed by atoms with Gasteiger partial charge in [0.15, 0.2) is 0 Å². The van der Waals surface area contributed by atoms with Gasteiger partial charge in [-0.05, 0) is 24.3 Å². The Bertz CT molecular complexity index is 680. The molecule has 3 heteroatoms. The Morgan fingerprint density at radius 2 is 1.76 bits per heavy atom. The van der Waals surface area contributed by atoms with E-state index in [0.717, 1.165) is 27.2 Å². The molecule has 0 unspecified atom stereocenters. The van der Waals surface area contributed by atoms with Crippen LogP contribution in [-0.2, 0) is 0 Å². The van der Waals surface area contributed by atoms with Crippen molar-refractivity contribution in [1.82, 2.24) is 9.97 Å². The molecule has 0 aliphatic carbocycles. The molecule has 0 fully saturated rings. The molecule has 17 heavy (non-hydrogen) atoms. The van der Waals surface area contributed by atoms with E-state index in [-0.39, 0.29) is 0 Å². The second kappa shape index (κ2) is 4.18. The summed E-state index contributed by atoms with van der Waals surface area (Å²) in [6, 6.07) is 15.9. The number of hydrogen-bond donors (Lipinski definition) is 1. The molecule has 0 amide bonds. The number of pyridine rings is 2. The van der Waals surface area contributed by atoms with Crippen molar-refractivity contribution in [3.05, 3.63) is 54.7 Å². The van der Waals surface area contributed by atoms with Crippen molar-refractivity contribution in [3.63, 3.8) is 0 Å². The van der Waals surface area contributed by atoms with Crippen LogP contribution in [0.15, 0.2) is 59.6 Å². The molecule has 0 aliphatic rings. The van der Waals surface area contributed by atoms with Crippen LogP contribution in [-0.4, -0.2) is 9.97 Å². The quantitative estimate of drug-likeness (QED) is 0.656. The van der Waals surface area contributed by atoms with Gasteiger partial charge in [0.2, 0.25) is 0 Å². The lowest BCUT2D eigenvalue weighted by Crippen LogP contribution is -1.89. The van der Waals surface area contributed by atoms with Crippen LogP contribution in [0.1, 0.15) is 0 Å². The fourth-order valence-corrected chi connectivity index (χ4v) is 2.05. The van der Waals surface area contributed by atoms with Gasteiger partial charge in [-0.15, -0.1) is 12.6 Å². The molecule has 82 valence electrons. The Balaban J connectivity index is 2.22. The van der Waals surface area contributed by atoms with Crippen molar-refractivity contribution in [2.75, 3.05) is 0 Å². The minimum Gasteiger partial charge on any atom is -0.253 e. The van der Waals surface area contributed by atoms with Gasteiger partial charge in [-0.1, -0.05) is 24.3 Å². The minimum absolute atomic E-state index is 0.821. The van der Waals surface area contributed by atoms with Crippen LogP contribution >= 0.6 is 12.6 Å². The van der Waals surface area contributed by atoms with Gasteiger partial charge in [-0.2, -0.15) is 0 Å². The summed E-state index contributed by atoms with van der Waals surface area (Å²) in [4.78, 5) is 9.75. The third kappa shape index (κ3) is 1.89. The maximum absolute atomic E-state index is 4.59. The standard InChI is InChI=1S/C14H10N2S/c17-13-6-3-9-15-14(13)12-8-7-10-4-1-2-5-11(10)16-12/h1-9,17H. The smallest absolute Gasteiger partial charge is 0.102 e. The third-order valence-electron chi connectivity index (χ3n) is 2.63. The number of para-hydroxylation sites is 1. The first-order valence-corrected chi connectivity index (χ1v) is 5.79. The maximum atomic E-state index is 4.59. The van der Waals surface area contributed by atoms with E-state index in [9.17, 15) is 0 Å².